The van der Waals surface area contributed by atoms with E-state index in [4.69, 9.17) is 6.42 Å². The molecule has 25 heavy (non-hydrogen) atoms. The Morgan fingerprint density at radius 1 is 1.32 bits per heavy atom. The minimum Gasteiger partial charge on any atom is -0.352 e. The fourth-order valence-electron chi connectivity index (χ4n) is 2.37. The van der Waals surface area contributed by atoms with Gasteiger partial charge in [-0.3, -0.25) is 9.20 Å². The van der Waals surface area contributed by atoms with Crippen LogP contribution in [-0.4, -0.2) is 32.7 Å². The van der Waals surface area contributed by atoms with Crippen LogP contribution in [0.3, 0.4) is 0 Å². The number of halogens is 3. The number of alkyl halides is 3. The van der Waals surface area contributed by atoms with Crippen LogP contribution < -0.4 is 5.32 Å². The first-order valence-electron chi connectivity index (χ1n) is 7.42. The van der Waals surface area contributed by atoms with Crippen LogP contribution in [0.5, 0.6) is 0 Å². The number of pyridine rings is 1. The topological polar surface area (TPSA) is 84.0 Å². The van der Waals surface area contributed by atoms with E-state index >= 15 is 0 Å². The van der Waals surface area contributed by atoms with Crippen LogP contribution in [0.1, 0.15) is 35.4 Å². The van der Waals surface area contributed by atoms with Crippen LogP contribution in [0, 0.1) is 12.3 Å². The molecule has 0 radical (unpaired) electrons. The molecule has 7 nitrogen and oxygen atoms in total. The smallest absolute Gasteiger partial charge is 0.352 e. The third-order valence-corrected chi connectivity index (χ3v) is 3.79. The van der Waals surface area contributed by atoms with Crippen LogP contribution in [0.2, 0.25) is 0 Å². The molecule has 1 aliphatic heterocycles. The van der Waals surface area contributed by atoms with Crippen LogP contribution >= 0.6 is 0 Å². The van der Waals surface area contributed by atoms with E-state index in [1.165, 1.54) is 12.1 Å². The summed E-state index contributed by atoms with van der Waals surface area (Å²) in [6, 6.07) is 2.53. The third-order valence-electron chi connectivity index (χ3n) is 3.79. The standard InChI is InChI=1S/C15H13F3N6O/c1-2-3-5-14(22-23-14)6-7-19-12(25)10-4-8-24-11(9-10)20-21-13(24)15(16,17)18/h1,4,8-9H,3,5-7H2,(H,19,25). The maximum absolute atomic E-state index is 12.8. The van der Waals surface area contributed by atoms with E-state index < -0.39 is 23.6 Å². The lowest BCUT2D eigenvalue weighted by atomic mass is 10.0. The van der Waals surface area contributed by atoms with Gasteiger partial charge in [0, 0.05) is 37.6 Å². The fraction of sp³-hybridized carbons (Fsp3) is 0.400. The van der Waals surface area contributed by atoms with Gasteiger partial charge in [-0.1, -0.05) is 0 Å². The lowest BCUT2D eigenvalue weighted by Gasteiger charge is -2.10. The summed E-state index contributed by atoms with van der Waals surface area (Å²) in [5.74, 6) is 0.954. The first-order valence-corrected chi connectivity index (χ1v) is 7.42. The van der Waals surface area contributed by atoms with E-state index in [0.29, 0.717) is 25.8 Å². The second-order valence-corrected chi connectivity index (χ2v) is 5.56. The predicted molar refractivity (Wildman–Crippen MR) is 80.6 cm³/mol. The lowest BCUT2D eigenvalue weighted by molar-refractivity contribution is -0.145. The third kappa shape index (κ3) is 3.60. The predicted octanol–water partition coefficient (Wildman–Crippen LogP) is 2.44. The number of fused-ring (bicyclic) bond motifs is 1. The van der Waals surface area contributed by atoms with E-state index in [9.17, 15) is 18.0 Å². The summed E-state index contributed by atoms with van der Waals surface area (Å²) >= 11 is 0. The number of nitrogens with zero attached hydrogens (tertiary/aromatic N) is 5. The highest BCUT2D eigenvalue weighted by Crippen LogP contribution is 2.36. The Balaban J connectivity index is 1.62. The van der Waals surface area contributed by atoms with Crippen molar-refractivity contribution in [2.75, 3.05) is 6.54 Å². The van der Waals surface area contributed by atoms with Gasteiger partial charge in [0.05, 0.1) is 0 Å². The van der Waals surface area contributed by atoms with Crippen LogP contribution in [0.25, 0.3) is 5.65 Å². The van der Waals surface area contributed by atoms with Gasteiger partial charge in [0.1, 0.15) is 0 Å². The van der Waals surface area contributed by atoms with Crippen LogP contribution in [0.15, 0.2) is 28.6 Å². The molecule has 0 saturated carbocycles. The highest BCUT2D eigenvalue weighted by Gasteiger charge is 2.39. The lowest BCUT2D eigenvalue weighted by Crippen LogP contribution is -2.28. The Kier molecular flexibility index (Phi) is 4.16. The van der Waals surface area contributed by atoms with Gasteiger partial charge in [0.25, 0.3) is 5.91 Å². The van der Waals surface area contributed by atoms with Crippen molar-refractivity contribution in [1.29, 1.82) is 0 Å². The molecule has 130 valence electrons. The zero-order chi connectivity index (χ0) is 18.1. The fourth-order valence-corrected chi connectivity index (χ4v) is 2.37. The quantitative estimate of drug-likeness (QED) is 0.812. The minimum absolute atomic E-state index is 0.0577. The van der Waals surface area contributed by atoms with Crippen molar-refractivity contribution in [3.8, 4) is 12.3 Å². The van der Waals surface area contributed by atoms with Crippen molar-refractivity contribution < 1.29 is 18.0 Å². The van der Waals surface area contributed by atoms with E-state index in [1.54, 1.807) is 0 Å². The Labute approximate surface area is 140 Å². The molecule has 0 fully saturated rings. The van der Waals surface area contributed by atoms with Crippen LogP contribution in [-0.2, 0) is 6.18 Å². The molecule has 3 heterocycles. The molecule has 3 rings (SSSR count). The van der Waals surface area contributed by atoms with Crippen molar-refractivity contribution in [3.63, 3.8) is 0 Å². The molecular weight excluding hydrogens is 337 g/mol. The molecule has 2 aromatic heterocycles. The van der Waals surface area contributed by atoms with Gasteiger partial charge in [-0.2, -0.15) is 23.4 Å². The zero-order valence-electron chi connectivity index (χ0n) is 12.9. The first-order chi connectivity index (χ1) is 11.8. The number of rotatable bonds is 6. The van der Waals surface area contributed by atoms with E-state index in [0.717, 1.165) is 10.6 Å². The molecule has 0 bridgehead atoms. The molecule has 0 atom stereocenters. The van der Waals surface area contributed by atoms with E-state index in [-0.39, 0.29) is 11.2 Å². The number of nitrogens with one attached hydrogen (secondary N) is 1. The van der Waals surface area contributed by atoms with E-state index in [2.05, 4.69) is 31.7 Å². The monoisotopic (exact) mass is 350 g/mol. The highest BCUT2D eigenvalue weighted by atomic mass is 19.4. The number of aromatic nitrogens is 3. The molecule has 0 aromatic carbocycles. The molecular formula is C15H13F3N6O. The molecule has 1 aliphatic rings. The Bertz CT molecular complexity index is 873. The number of amides is 1. The molecule has 0 saturated heterocycles. The number of hydrogen-bond acceptors (Lipinski definition) is 5. The maximum atomic E-state index is 12.8. The van der Waals surface area contributed by atoms with Gasteiger partial charge in [-0.15, -0.1) is 22.5 Å². The minimum atomic E-state index is -4.62. The largest absolute Gasteiger partial charge is 0.452 e. The van der Waals surface area contributed by atoms with Crippen molar-refractivity contribution in [2.45, 2.75) is 31.1 Å². The van der Waals surface area contributed by atoms with Crippen molar-refractivity contribution in [3.05, 3.63) is 29.7 Å². The molecule has 0 spiro atoms. The average molecular weight is 350 g/mol. The summed E-state index contributed by atoms with van der Waals surface area (Å²) in [4.78, 5) is 12.1. The molecule has 1 N–H and O–H groups in total. The van der Waals surface area contributed by atoms with Gasteiger partial charge in [0.15, 0.2) is 11.3 Å². The number of hydrogen-bond donors (Lipinski definition) is 1. The van der Waals surface area contributed by atoms with Gasteiger partial charge < -0.3 is 5.32 Å². The van der Waals surface area contributed by atoms with Crippen molar-refractivity contribution in [1.82, 2.24) is 19.9 Å². The molecule has 1 amide bonds. The van der Waals surface area contributed by atoms with Crippen molar-refractivity contribution in [2.24, 2.45) is 10.2 Å². The normalized spacial score (nSPS) is 15.1. The van der Waals surface area contributed by atoms with Crippen molar-refractivity contribution >= 4 is 11.6 Å². The number of terminal acetylenes is 1. The second-order valence-electron chi connectivity index (χ2n) is 5.56. The second kappa shape index (κ2) is 6.16. The molecule has 0 unspecified atom stereocenters. The number of carbonyl (C=O) groups is 1. The SMILES string of the molecule is C#CCCC1(CCNC(=O)c2ccn3c(C(F)(F)F)nnc3c2)N=N1. The van der Waals surface area contributed by atoms with Gasteiger partial charge in [0.2, 0.25) is 5.82 Å². The maximum Gasteiger partial charge on any atom is 0.452 e. The summed E-state index contributed by atoms with van der Waals surface area (Å²) in [5, 5.41) is 17.2. The van der Waals surface area contributed by atoms with Gasteiger partial charge >= 0.3 is 6.18 Å². The average Bonchev–Trinajstić information content (AvgIpc) is 3.19. The summed E-state index contributed by atoms with van der Waals surface area (Å²) in [7, 11) is 0. The summed E-state index contributed by atoms with van der Waals surface area (Å²) in [6.45, 7) is 0.322. The highest BCUT2D eigenvalue weighted by molar-refractivity contribution is 5.95. The molecule has 10 heteroatoms. The van der Waals surface area contributed by atoms with E-state index in [1.807, 2.05) is 0 Å². The Hall–Kier alpha value is -2.96. The summed E-state index contributed by atoms with van der Waals surface area (Å²) < 4.78 is 39.0. The molecule has 2 aromatic rings. The zero-order valence-corrected chi connectivity index (χ0v) is 12.9. The molecule has 0 aliphatic carbocycles. The Morgan fingerprint density at radius 2 is 2.08 bits per heavy atom. The van der Waals surface area contributed by atoms with Crippen LogP contribution in [0.4, 0.5) is 13.2 Å². The Morgan fingerprint density at radius 3 is 2.72 bits per heavy atom. The summed E-state index contributed by atoms with van der Waals surface area (Å²) in [6.07, 6.45) is 3.40. The first kappa shape index (κ1) is 16.9. The van der Waals surface area contributed by atoms with Gasteiger partial charge in [-0.05, 0) is 12.1 Å². The summed E-state index contributed by atoms with van der Waals surface area (Å²) in [5.41, 5.74) is -0.369. The number of carbonyl (C=O) groups excluding carboxylic acids is 1. The van der Waals surface area contributed by atoms with Gasteiger partial charge in [-0.25, -0.2) is 0 Å².